The first-order valence-electron chi connectivity index (χ1n) is 13.7. The predicted octanol–water partition coefficient (Wildman–Crippen LogP) is 9.38. The van der Waals surface area contributed by atoms with Gasteiger partial charge in [0, 0.05) is 9.89 Å². The molecular weight excluding hydrogens is 514 g/mol. The average molecular weight is 543 g/mol. The predicted molar refractivity (Wildman–Crippen MR) is 153 cm³/mol. The highest BCUT2D eigenvalue weighted by Gasteiger charge is 2.61. The minimum atomic E-state index is 0.105. The Balaban J connectivity index is 1.46. The molecule has 5 aliphatic rings. The van der Waals surface area contributed by atoms with Crippen LogP contribution in [0.25, 0.3) is 33.4 Å². The van der Waals surface area contributed by atoms with Gasteiger partial charge < -0.3 is 0 Å². The highest BCUT2D eigenvalue weighted by atomic mass is 79.9. The summed E-state index contributed by atoms with van der Waals surface area (Å²) in [6.07, 6.45) is 6.96. The van der Waals surface area contributed by atoms with Gasteiger partial charge in [-0.05, 0) is 137 Å². The standard InChI is InChI=1S/C35H28BrN/c36-29-10-11-30-32(19-29)35(27-13-22-12-23(15-27)16-28(35)14-22)33-18-26(24-8-6-21(20-37)7-9-24)17-31(34(30)33)25-4-2-1-3-5-25/h1-11,17-19,22-23,27-28H,12-16H2. The Bertz CT molecular complexity index is 1560. The van der Waals surface area contributed by atoms with Crippen molar-refractivity contribution in [1.29, 1.82) is 5.26 Å². The molecule has 0 atom stereocenters. The molecule has 1 spiro atoms. The van der Waals surface area contributed by atoms with Gasteiger partial charge in [-0.2, -0.15) is 5.26 Å². The van der Waals surface area contributed by atoms with Crippen molar-refractivity contribution in [3.8, 4) is 39.4 Å². The number of nitriles is 1. The Morgan fingerprint density at radius 2 is 1.35 bits per heavy atom. The molecule has 4 saturated carbocycles. The van der Waals surface area contributed by atoms with E-state index < -0.39 is 0 Å². The molecular formula is C35H28BrN. The van der Waals surface area contributed by atoms with E-state index in [2.05, 4.69) is 94.8 Å². The van der Waals surface area contributed by atoms with E-state index in [0.29, 0.717) is 5.56 Å². The molecule has 4 aromatic rings. The summed E-state index contributed by atoms with van der Waals surface area (Å²) < 4.78 is 1.20. The van der Waals surface area contributed by atoms with Gasteiger partial charge in [0.15, 0.2) is 0 Å². The van der Waals surface area contributed by atoms with Crippen LogP contribution in [-0.2, 0) is 5.41 Å². The zero-order valence-electron chi connectivity index (χ0n) is 20.8. The highest BCUT2D eigenvalue weighted by molar-refractivity contribution is 9.10. The quantitative estimate of drug-likeness (QED) is 0.248. The van der Waals surface area contributed by atoms with Crippen LogP contribution in [0.2, 0.25) is 0 Å². The second-order valence-corrected chi connectivity index (χ2v) is 12.8. The first-order chi connectivity index (χ1) is 18.1. The van der Waals surface area contributed by atoms with Crippen LogP contribution in [0, 0.1) is 35.0 Å². The van der Waals surface area contributed by atoms with Crippen molar-refractivity contribution in [2.45, 2.75) is 37.5 Å². The van der Waals surface area contributed by atoms with E-state index in [4.69, 9.17) is 0 Å². The Labute approximate surface area is 227 Å². The monoisotopic (exact) mass is 541 g/mol. The largest absolute Gasteiger partial charge is 0.192 e. The van der Waals surface area contributed by atoms with E-state index in [0.717, 1.165) is 23.7 Å². The third kappa shape index (κ3) is 3.01. The maximum Gasteiger partial charge on any atom is 0.0991 e. The van der Waals surface area contributed by atoms with E-state index in [1.165, 1.54) is 70.0 Å². The molecule has 0 radical (unpaired) electrons. The summed E-state index contributed by atoms with van der Waals surface area (Å²) in [4.78, 5) is 0. The molecule has 0 unspecified atom stereocenters. The van der Waals surface area contributed by atoms with E-state index in [1.807, 2.05) is 12.1 Å². The topological polar surface area (TPSA) is 23.8 Å². The number of benzene rings is 4. The minimum Gasteiger partial charge on any atom is -0.192 e. The highest BCUT2D eigenvalue weighted by Crippen LogP contribution is 2.70. The Morgan fingerprint density at radius 3 is 2.03 bits per heavy atom. The molecule has 0 aliphatic heterocycles. The number of hydrogen-bond acceptors (Lipinski definition) is 1. The van der Waals surface area contributed by atoms with Gasteiger partial charge in [-0.15, -0.1) is 0 Å². The fourth-order valence-electron chi connectivity index (χ4n) is 9.04. The van der Waals surface area contributed by atoms with Crippen molar-refractivity contribution < 1.29 is 0 Å². The van der Waals surface area contributed by atoms with Crippen molar-refractivity contribution in [3.05, 3.63) is 106 Å². The molecule has 4 aromatic carbocycles. The first kappa shape index (κ1) is 21.9. The zero-order chi connectivity index (χ0) is 24.7. The summed E-state index contributed by atoms with van der Waals surface area (Å²) in [7, 11) is 0. The maximum atomic E-state index is 9.37. The van der Waals surface area contributed by atoms with Crippen molar-refractivity contribution in [2.75, 3.05) is 0 Å². The lowest BCUT2D eigenvalue weighted by Crippen LogP contribution is -2.55. The fraction of sp³-hybridized carbons (Fsp3) is 0.286. The number of nitrogens with zero attached hydrogens (tertiary/aromatic N) is 1. The summed E-state index contributed by atoms with van der Waals surface area (Å²) in [6.45, 7) is 0. The van der Waals surface area contributed by atoms with Crippen LogP contribution in [0.15, 0.2) is 89.4 Å². The van der Waals surface area contributed by atoms with Gasteiger partial charge in [0.05, 0.1) is 11.6 Å². The molecule has 0 aromatic heterocycles. The molecule has 0 saturated heterocycles. The van der Waals surface area contributed by atoms with Gasteiger partial charge in [0.1, 0.15) is 0 Å². The minimum absolute atomic E-state index is 0.105. The van der Waals surface area contributed by atoms with Gasteiger partial charge in [0.2, 0.25) is 0 Å². The van der Waals surface area contributed by atoms with Crippen LogP contribution in [0.3, 0.4) is 0 Å². The van der Waals surface area contributed by atoms with Crippen LogP contribution in [0.4, 0.5) is 0 Å². The van der Waals surface area contributed by atoms with Crippen LogP contribution < -0.4 is 0 Å². The van der Waals surface area contributed by atoms with Crippen molar-refractivity contribution in [1.82, 2.24) is 0 Å². The average Bonchev–Trinajstić information content (AvgIpc) is 3.21. The number of hydrogen-bond donors (Lipinski definition) is 0. The Morgan fingerprint density at radius 1 is 0.649 bits per heavy atom. The second-order valence-electron chi connectivity index (χ2n) is 11.9. The third-order valence-electron chi connectivity index (χ3n) is 10.1. The molecule has 4 bridgehead atoms. The molecule has 1 nitrogen and oxygen atoms in total. The normalized spacial score (nSPS) is 28.2. The van der Waals surface area contributed by atoms with Gasteiger partial charge in [-0.1, -0.05) is 64.5 Å². The second kappa shape index (κ2) is 7.92. The lowest BCUT2D eigenvalue weighted by Gasteiger charge is -2.61. The van der Waals surface area contributed by atoms with Gasteiger partial charge in [0.25, 0.3) is 0 Å². The molecule has 37 heavy (non-hydrogen) atoms. The van der Waals surface area contributed by atoms with Crippen molar-refractivity contribution >= 4 is 15.9 Å². The Hall–Kier alpha value is -3.15. The first-order valence-corrected chi connectivity index (χ1v) is 14.5. The summed E-state index contributed by atoms with van der Waals surface area (Å²) in [5, 5.41) is 9.37. The smallest absolute Gasteiger partial charge is 0.0991 e. The van der Waals surface area contributed by atoms with Gasteiger partial charge in [-0.25, -0.2) is 0 Å². The molecule has 9 rings (SSSR count). The van der Waals surface area contributed by atoms with Gasteiger partial charge in [-0.3, -0.25) is 0 Å². The van der Waals surface area contributed by atoms with E-state index in [-0.39, 0.29) is 5.41 Å². The molecule has 0 heterocycles. The SMILES string of the molecule is N#Cc1ccc(-c2cc(-c3ccccc3)c3c(c2)C2(c4cc(Br)ccc4-3)C3CC4CC(C3)CC2C4)cc1. The van der Waals surface area contributed by atoms with Crippen molar-refractivity contribution in [2.24, 2.45) is 23.7 Å². The number of fused-ring (bicyclic) bond motifs is 3. The molecule has 2 heteroatoms. The summed E-state index contributed by atoms with van der Waals surface area (Å²) >= 11 is 3.86. The van der Waals surface area contributed by atoms with Crippen LogP contribution in [0.1, 0.15) is 48.8 Å². The number of halogens is 1. The molecule has 180 valence electrons. The molecule has 5 aliphatic carbocycles. The third-order valence-corrected chi connectivity index (χ3v) is 10.6. The fourth-order valence-corrected chi connectivity index (χ4v) is 9.40. The summed E-state index contributed by atoms with van der Waals surface area (Å²) in [5.41, 5.74) is 11.9. The van der Waals surface area contributed by atoms with Gasteiger partial charge >= 0.3 is 0 Å². The lowest BCUT2D eigenvalue weighted by atomic mass is 9.43. The lowest BCUT2D eigenvalue weighted by molar-refractivity contribution is -0.0399. The maximum absolute atomic E-state index is 9.37. The van der Waals surface area contributed by atoms with Crippen LogP contribution in [0.5, 0.6) is 0 Å². The zero-order valence-corrected chi connectivity index (χ0v) is 22.3. The molecule has 0 amide bonds. The van der Waals surface area contributed by atoms with Crippen molar-refractivity contribution in [3.63, 3.8) is 0 Å². The van der Waals surface area contributed by atoms with E-state index in [9.17, 15) is 5.26 Å². The van der Waals surface area contributed by atoms with Crippen LogP contribution in [-0.4, -0.2) is 0 Å². The summed E-state index contributed by atoms with van der Waals surface area (Å²) in [5.74, 6) is 3.28. The summed E-state index contributed by atoms with van der Waals surface area (Å²) in [6, 6.07) is 33.4. The van der Waals surface area contributed by atoms with Crippen LogP contribution >= 0.6 is 15.9 Å². The molecule has 0 N–H and O–H groups in total. The van der Waals surface area contributed by atoms with E-state index in [1.54, 1.807) is 11.1 Å². The van der Waals surface area contributed by atoms with E-state index >= 15 is 0 Å². The number of rotatable bonds is 2. The Kier molecular flexibility index (Phi) is 4.69. The molecule has 4 fully saturated rings.